The van der Waals surface area contributed by atoms with E-state index in [4.69, 9.17) is 0 Å². The summed E-state index contributed by atoms with van der Waals surface area (Å²) in [7, 11) is 0.538. The Bertz CT molecular complexity index is 916. The lowest BCUT2D eigenvalue weighted by molar-refractivity contribution is -0.122. The third-order valence-electron chi connectivity index (χ3n) is 5.81. The quantitative estimate of drug-likeness (QED) is 0.697. The molecule has 2 amide bonds. The van der Waals surface area contributed by atoms with Crippen molar-refractivity contribution in [3.8, 4) is 0 Å². The van der Waals surface area contributed by atoms with Gasteiger partial charge in [-0.3, -0.25) is 9.59 Å². The molecule has 1 aromatic rings. The van der Waals surface area contributed by atoms with Crippen molar-refractivity contribution in [3.05, 3.63) is 23.9 Å². The molecule has 3 heterocycles. The number of amides is 2. The second-order valence-corrected chi connectivity index (χ2v) is 11.0. The third-order valence-corrected chi connectivity index (χ3v) is 7.77. The van der Waals surface area contributed by atoms with Crippen molar-refractivity contribution in [3.63, 3.8) is 0 Å². The summed E-state index contributed by atoms with van der Waals surface area (Å²) in [4.78, 5) is 33.3. The second-order valence-electron chi connectivity index (χ2n) is 8.91. The van der Waals surface area contributed by atoms with Crippen LogP contribution < -0.4 is 10.2 Å². The standard InChI is InChI=1S/C20H31N5O4S/c1-20(2)14-24(19(27)15-6-8-21-17(12-15)23(3)4)13-16(20)22-18(26)7-10-25-9-5-11-30(25,28)29/h6,8,12,16H,5,7,9-11,13-14H2,1-4H3,(H,22,26). The molecular formula is C20H31N5O4S. The Morgan fingerprint density at radius 2 is 2.07 bits per heavy atom. The van der Waals surface area contributed by atoms with Gasteiger partial charge in [0.1, 0.15) is 5.82 Å². The molecule has 0 spiro atoms. The van der Waals surface area contributed by atoms with Gasteiger partial charge in [0.05, 0.1) is 11.8 Å². The summed E-state index contributed by atoms with van der Waals surface area (Å²) in [6.45, 7) is 5.67. The first-order chi connectivity index (χ1) is 14.0. The van der Waals surface area contributed by atoms with Gasteiger partial charge in [-0.15, -0.1) is 0 Å². The molecular weight excluding hydrogens is 406 g/mol. The molecule has 1 aromatic heterocycles. The Morgan fingerprint density at radius 1 is 1.33 bits per heavy atom. The normalized spacial score (nSPS) is 22.8. The van der Waals surface area contributed by atoms with Crippen LogP contribution in [-0.2, 0) is 14.8 Å². The van der Waals surface area contributed by atoms with E-state index in [2.05, 4.69) is 10.3 Å². The molecule has 2 aliphatic rings. The van der Waals surface area contributed by atoms with Crippen molar-refractivity contribution in [2.75, 3.05) is 50.9 Å². The Hall–Kier alpha value is -2.20. The van der Waals surface area contributed by atoms with Crippen LogP contribution in [0.25, 0.3) is 0 Å². The number of hydrogen-bond acceptors (Lipinski definition) is 6. The smallest absolute Gasteiger partial charge is 0.254 e. The first-order valence-electron chi connectivity index (χ1n) is 10.2. The second kappa shape index (κ2) is 8.50. The first-order valence-corrected chi connectivity index (χ1v) is 11.8. The largest absolute Gasteiger partial charge is 0.363 e. The van der Waals surface area contributed by atoms with E-state index in [0.717, 1.165) is 0 Å². The summed E-state index contributed by atoms with van der Waals surface area (Å²) in [5.41, 5.74) is 0.276. The van der Waals surface area contributed by atoms with Gasteiger partial charge in [0.15, 0.2) is 0 Å². The molecule has 1 unspecified atom stereocenters. The number of rotatable bonds is 6. The summed E-state index contributed by atoms with van der Waals surface area (Å²) >= 11 is 0. The fraction of sp³-hybridized carbons (Fsp3) is 0.650. The van der Waals surface area contributed by atoms with E-state index < -0.39 is 10.0 Å². The molecule has 2 fully saturated rings. The van der Waals surface area contributed by atoms with E-state index in [0.29, 0.717) is 37.4 Å². The topological polar surface area (TPSA) is 103 Å². The first kappa shape index (κ1) is 22.5. The van der Waals surface area contributed by atoms with Crippen LogP contribution in [0.5, 0.6) is 0 Å². The SMILES string of the molecule is CN(C)c1cc(C(=O)N2CC(NC(=O)CCN3CCCS3(=O)=O)C(C)(C)C2)ccn1. The molecule has 3 rings (SSSR count). The molecule has 0 aliphatic carbocycles. The zero-order valence-corrected chi connectivity index (χ0v) is 18.9. The molecule has 1 N–H and O–H groups in total. The summed E-state index contributed by atoms with van der Waals surface area (Å²) < 4.78 is 25.1. The summed E-state index contributed by atoms with van der Waals surface area (Å²) in [5.74, 6) is 0.587. The van der Waals surface area contributed by atoms with Crippen LogP contribution in [0.2, 0.25) is 0 Å². The molecule has 30 heavy (non-hydrogen) atoms. The van der Waals surface area contributed by atoms with Crippen molar-refractivity contribution >= 4 is 27.7 Å². The van der Waals surface area contributed by atoms with Crippen molar-refractivity contribution in [2.45, 2.75) is 32.7 Å². The zero-order valence-electron chi connectivity index (χ0n) is 18.1. The van der Waals surface area contributed by atoms with Gasteiger partial charge in [-0.05, 0) is 18.6 Å². The predicted molar refractivity (Wildman–Crippen MR) is 115 cm³/mol. The van der Waals surface area contributed by atoms with E-state index >= 15 is 0 Å². The van der Waals surface area contributed by atoms with Gasteiger partial charge in [0.2, 0.25) is 15.9 Å². The van der Waals surface area contributed by atoms with E-state index in [1.54, 1.807) is 23.2 Å². The van der Waals surface area contributed by atoms with Crippen molar-refractivity contribution in [1.29, 1.82) is 0 Å². The number of anilines is 1. The minimum atomic E-state index is -3.20. The molecule has 0 bridgehead atoms. The number of pyridine rings is 1. The number of carbonyl (C=O) groups is 2. The molecule has 0 aromatic carbocycles. The average molecular weight is 438 g/mol. The number of sulfonamides is 1. The van der Waals surface area contributed by atoms with Gasteiger partial charge in [-0.25, -0.2) is 17.7 Å². The minimum Gasteiger partial charge on any atom is -0.363 e. The van der Waals surface area contributed by atoms with Gasteiger partial charge >= 0.3 is 0 Å². The number of hydrogen-bond donors (Lipinski definition) is 1. The monoisotopic (exact) mass is 437 g/mol. The number of nitrogens with one attached hydrogen (secondary N) is 1. The van der Waals surface area contributed by atoms with Crippen LogP contribution >= 0.6 is 0 Å². The van der Waals surface area contributed by atoms with Crippen LogP contribution in [0.4, 0.5) is 5.82 Å². The van der Waals surface area contributed by atoms with Crippen LogP contribution in [0, 0.1) is 5.41 Å². The van der Waals surface area contributed by atoms with E-state index in [9.17, 15) is 18.0 Å². The van der Waals surface area contributed by atoms with Crippen molar-refractivity contribution in [2.24, 2.45) is 5.41 Å². The highest BCUT2D eigenvalue weighted by molar-refractivity contribution is 7.89. The van der Waals surface area contributed by atoms with Crippen LogP contribution in [-0.4, -0.2) is 86.5 Å². The molecule has 166 valence electrons. The van der Waals surface area contributed by atoms with Gasteiger partial charge < -0.3 is 15.1 Å². The van der Waals surface area contributed by atoms with Gasteiger partial charge in [-0.1, -0.05) is 13.8 Å². The molecule has 10 heteroatoms. The lowest BCUT2D eigenvalue weighted by Crippen LogP contribution is -2.45. The van der Waals surface area contributed by atoms with Gasteiger partial charge in [-0.2, -0.15) is 0 Å². The predicted octanol–water partition coefficient (Wildman–Crippen LogP) is 0.540. The van der Waals surface area contributed by atoms with Gasteiger partial charge in [0, 0.05) is 63.9 Å². The van der Waals surface area contributed by atoms with Crippen molar-refractivity contribution < 1.29 is 18.0 Å². The summed E-state index contributed by atoms with van der Waals surface area (Å²) in [5, 5.41) is 3.01. The fourth-order valence-electron chi connectivity index (χ4n) is 3.94. The highest BCUT2D eigenvalue weighted by Crippen LogP contribution is 2.31. The maximum atomic E-state index is 13.0. The summed E-state index contributed by atoms with van der Waals surface area (Å²) in [6.07, 6.45) is 2.35. The maximum absolute atomic E-state index is 13.0. The van der Waals surface area contributed by atoms with Crippen LogP contribution in [0.3, 0.4) is 0 Å². The zero-order chi connectivity index (χ0) is 22.1. The number of carbonyl (C=O) groups excluding carboxylic acids is 2. The van der Waals surface area contributed by atoms with Gasteiger partial charge in [0.25, 0.3) is 5.91 Å². The third kappa shape index (κ3) is 4.92. The number of likely N-dealkylation sites (tertiary alicyclic amines) is 1. The Kier molecular flexibility index (Phi) is 6.37. The van der Waals surface area contributed by atoms with Crippen LogP contribution in [0.1, 0.15) is 37.0 Å². The molecule has 0 radical (unpaired) electrons. The Morgan fingerprint density at radius 3 is 2.70 bits per heavy atom. The summed E-state index contributed by atoms with van der Waals surface area (Å²) in [6, 6.07) is 3.27. The van der Waals surface area contributed by atoms with E-state index in [1.807, 2.05) is 32.8 Å². The Balaban J connectivity index is 1.60. The highest BCUT2D eigenvalue weighted by atomic mass is 32.2. The highest BCUT2D eigenvalue weighted by Gasteiger charge is 2.42. The Labute approximate surface area is 178 Å². The fourth-order valence-corrected chi connectivity index (χ4v) is 5.47. The van der Waals surface area contributed by atoms with Crippen molar-refractivity contribution in [1.82, 2.24) is 19.5 Å². The number of aromatic nitrogens is 1. The van der Waals surface area contributed by atoms with E-state index in [1.165, 1.54) is 4.31 Å². The minimum absolute atomic E-state index is 0.0894. The lowest BCUT2D eigenvalue weighted by atomic mass is 9.88. The molecule has 2 saturated heterocycles. The average Bonchev–Trinajstić information content (AvgIpc) is 3.17. The van der Waals surface area contributed by atoms with E-state index in [-0.39, 0.29) is 42.0 Å². The molecule has 0 saturated carbocycles. The lowest BCUT2D eigenvalue weighted by Gasteiger charge is -2.26. The molecule has 1 atom stereocenters. The van der Waals surface area contributed by atoms with Crippen LogP contribution in [0.15, 0.2) is 18.3 Å². The molecule has 9 nitrogen and oxygen atoms in total. The maximum Gasteiger partial charge on any atom is 0.254 e. The molecule has 2 aliphatic heterocycles. The number of nitrogens with zero attached hydrogens (tertiary/aromatic N) is 4.